The molecule has 68 valence electrons. The Kier molecular flexibility index (Phi) is 6.63. The van der Waals surface area contributed by atoms with Crippen LogP contribution in [-0.2, 0) is 0 Å². The molecule has 0 aliphatic carbocycles. The molecule has 0 radical (unpaired) electrons. The molecule has 1 fully saturated rings. The lowest BCUT2D eigenvalue weighted by Gasteiger charge is -2.12. The zero-order valence-corrected chi connectivity index (χ0v) is 8.56. The SMILES string of the molecule is CC.CCCN1CCC(C)C1. The molecule has 1 saturated heterocycles. The highest BCUT2D eigenvalue weighted by atomic mass is 15.1. The zero-order valence-electron chi connectivity index (χ0n) is 8.56. The van der Waals surface area contributed by atoms with E-state index < -0.39 is 0 Å². The van der Waals surface area contributed by atoms with Crippen LogP contribution in [0.1, 0.15) is 40.5 Å². The van der Waals surface area contributed by atoms with Crippen molar-refractivity contribution in [2.45, 2.75) is 40.5 Å². The standard InChI is InChI=1S/C8H17N.C2H6/c1-3-5-9-6-4-8(2)7-9;1-2/h8H,3-7H2,1-2H3;1-2H3. The second-order valence-electron chi connectivity index (χ2n) is 3.19. The molecule has 1 rings (SSSR count). The Morgan fingerprint density at radius 1 is 1.36 bits per heavy atom. The van der Waals surface area contributed by atoms with E-state index in [0.29, 0.717) is 0 Å². The summed E-state index contributed by atoms with van der Waals surface area (Å²) in [5.74, 6) is 0.955. The topological polar surface area (TPSA) is 3.24 Å². The minimum atomic E-state index is 0.955. The molecule has 1 unspecified atom stereocenters. The van der Waals surface area contributed by atoms with Crippen LogP contribution in [0, 0.1) is 5.92 Å². The Morgan fingerprint density at radius 2 is 2.00 bits per heavy atom. The minimum absolute atomic E-state index is 0.955. The lowest BCUT2D eigenvalue weighted by Crippen LogP contribution is -2.20. The summed E-state index contributed by atoms with van der Waals surface area (Å²) < 4.78 is 0. The molecule has 0 aromatic carbocycles. The summed E-state index contributed by atoms with van der Waals surface area (Å²) in [5, 5.41) is 0. The van der Waals surface area contributed by atoms with Gasteiger partial charge in [-0.3, -0.25) is 0 Å². The minimum Gasteiger partial charge on any atom is -0.303 e. The maximum Gasteiger partial charge on any atom is 0.000749 e. The second kappa shape index (κ2) is 6.66. The normalized spacial score (nSPS) is 24.5. The number of likely N-dealkylation sites (tertiary alicyclic amines) is 1. The fraction of sp³-hybridized carbons (Fsp3) is 1.00. The average molecular weight is 157 g/mol. The van der Waals surface area contributed by atoms with Crippen LogP contribution in [0.4, 0.5) is 0 Å². The van der Waals surface area contributed by atoms with Crippen LogP contribution in [0.25, 0.3) is 0 Å². The van der Waals surface area contributed by atoms with Crippen LogP contribution in [0.2, 0.25) is 0 Å². The Balaban J connectivity index is 0.000000461. The molecular weight excluding hydrogens is 134 g/mol. The van der Waals surface area contributed by atoms with Gasteiger partial charge in [-0.25, -0.2) is 0 Å². The van der Waals surface area contributed by atoms with E-state index in [4.69, 9.17) is 0 Å². The number of rotatable bonds is 2. The van der Waals surface area contributed by atoms with Crippen LogP contribution in [-0.4, -0.2) is 24.5 Å². The molecule has 1 heterocycles. The molecule has 0 spiro atoms. The molecule has 0 saturated carbocycles. The molecule has 0 aromatic heterocycles. The van der Waals surface area contributed by atoms with Gasteiger partial charge in [0.25, 0.3) is 0 Å². The Bertz CT molecular complexity index is 78.9. The molecule has 1 heteroatoms. The average Bonchev–Trinajstić information content (AvgIpc) is 2.41. The van der Waals surface area contributed by atoms with Crippen LogP contribution >= 0.6 is 0 Å². The van der Waals surface area contributed by atoms with Crippen molar-refractivity contribution in [3.05, 3.63) is 0 Å². The van der Waals surface area contributed by atoms with E-state index in [9.17, 15) is 0 Å². The summed E-state index contributed by atoms with van der Waals surface area (Å²) in [5.41, 5.74) is 0. The maximum atomic E-state index is 2.56. The molecule has 11 heavy (non-hydrogen) atoms. The molecule has 0 bridgehead atoms. The summed E-state index contributed by atoms with van der Waals surface area (Å²) in [6, 6.07) is 0. The van der Waals surface area contributed by atoms with Gasteiger partial charge in [0.15, 0.2) is 0 Å². The van der Waals surface area contributed by atoms with Crippen molar-refractivity contribution in [1.82, 2.24) is 4.90 Å². The Hall–Kier alpha value is -0.0400. The summed E-state index contributed by atoms with van der Waals surface area (Å²) in [6.45, 7) is 12.6. The van der Waals surface area contributed by atoms with Crippen molar-refractivity contribution in [2.75, 3.05) is 19.6 Å². The van der Waals surface area contributed by atoms with Gasteiger partial charge in [-0.2, -0.15) is 0 Å². The van der Waals surface area contributed by atoms with Crippen molar-refractivity contribution in [3.8, 4) is 0 Å². The summed E-state index contributed by atoms with van der Waals surface area (Å²) in [7, 11) is 0. The first-order valence-electron chi connectivity index (χ1n) is 5.05. The second-order valence-corrected chi connectivity index (χ2v) is 3.19. The van der Waals surface area contributed by atoms with Crippen molar-refractivity contribution in [1.29, 1.82) is 0 Å². The third-order valence-corrected chi connectivity index (χ3v) is 2.05. The molecule has 1 nitrogen and oxygen atoms in total. The lowest BCUT2D eigenvalue weighted by atomic mass is 10.2. The van der Waals surface area contributed by atoms with Gasteiger partial charge in [0.1, 0.15) is 0 Å². The predicted octanol–water partition coefficient (Wildman–Crippen LogP) is 2.76. The summed E-state index contributed by atoms with van der Waals surface area (Å²) >= 11 is 0. The fourth-order valence-electron chi connectivity index (χ4n) is 1.55. The van der Waals surface area contributed by atoms with Gasteiger partial charge < -0.3 is 4.90 Å². The number of hydrogen-bond acceptors (Lipinski definition) is 1. The first-order chi connectivity index (χ1) is 5.33. The summed E-state index contributed by atoms with van der Waals surface area (Å²) in [6.07, 6.45) is 2.73. The fourth-order valence-corrected chi connectivity index (χ4v) is 1.55. The Labute approximate surface area is 71.8 Å². The largest absolute Gasteiger partial charge is 0.303 e. The molecule has 1 aliphatic rings. The van der Waals surface area contributed by atoms with E-state index in [0.717, 1.165) is 5.92 Å². The van der Waals surface area contributed by atoms with E-state index in [1.807, 2.05) is 13.8 Å². The van der Waals surface area contributed by atoms with Gasteiger partial charge in [0.05, 0.1) is 0 Å². The monoisotopic (exact) mass is 157 g/mol. The predicted molar refractivity (Wildman–Crippen MR) is 51.9 cm³/mol. The van der Waals surface area contributed by atoms with Crippen LogP contribution in [0.15, 0.2) is 0 Å². The van der Waals surface area contributed by atoms with Gasteiger partial charge in [-0.15, -0.1) is 0 Å². The molecule has 0 amide bonds. The van der Waals surface area contributed by atoms with Crippen LogP contribution in [0.5, 0.6) is 0 Å². The van der Waals surface area contributed by atoms with Crippen molar-refractivity contribution in [3.63, 3.8) is 0 Å². The number of hydrogen-bond donors (Lipinski definition) is 0. The molecular formula is C10H23N. The van der Waals surface area contributed by atoms with Crippen molar-refractivity contribution < 1.29 is 0 Å². The highest BCUT2D eigenvalue weighted by Gasteiger charge is 2.16. The molecule has 0 aromatic rings. The Morgan fingerprint density at radius 3 is 2.36 bits per heavy atom. The van der Waals surface area contributed by atoms with Gasteiger partial charge >= 0.3 is 0 Å². The smallest absolute Gasteiger partial charge is 0.000749 e. The van der Waals surface area contributed by atoms with Crippen molar-refractivity contribution in [2.24, 2.45) is 5.92 Å². The van der Waals surface area contributed by atoms with E-state index in [-0.39, 0.29) is 0 Å². The molecule has 0 N–H and O–H groups in total. The van der Waals surface area contributed by atoms with Crippen molar-refractivity contribution >= 4 is 0 Å². The van der Waals surface area contributed by atoms with E-state index in [1.54, 1.807) is 0 Å². The van der Waals surface area contributed by atoms with Crippen LogP contribution < -0.4 is 0 Å². The first kappa shape index (κ1) is 11.0. The van der Waals surface area contributed by atoms with E-state index in [2.05, 4.69) is 18.7 Å². The highest BCUT2D eigenvalue weighted by molar-refractivity contribution is 4.71. The number of nitrogens with zero attached hydrogens (tertiary/aromatic N) is 1. The van der Waals surface area contributed by atoms with Gasteiger partial charge in [-0.1, -0.05) is 27.7 Å². The lowest BCUT2D eigenvalue weighted by molar-refractivity contribution is 0.328. The van der Waals surface area contributed by atoms with Crippen LogP contribution in [0.3, 0.4) is 0 Å². The quantitative estimate of drug-likeness (QED) is 0.596. The zero-order chi connectivity index (χ0) is 8.69. The van der Waals surface area contributed by atoms with Gasteiger partial charge in [0, 0.05) is 6.54 Å². The van der Waals surface area contributed by atoms with Gasteiger partial charge in [0.2, 0.25) is 0 Å². The summed E-state index contributed by atoms with van der Waals surface area (Å²) in [4.78, 5) is 2.56. The maximum absolute atomic E-state index is 2.56. The highest BCUT2D eigenvalue weighted by Crippen LogP contribution is 2.14. The van der Waals surface area contributed by atoms with E-state index >= 15 is 0 Å². The van der Waals surface area contributed by atoms with Gasteiger partial charge in [-0.05, 0) is 31.8 Å². The third-order valence-electron chi connectivity index (χ3n) is 2.05. The van der Waals surface area contributed by atoms with E-state index in [1.165, 1.54) is 32.5 Å². The third kappa shape index (κ3) is 4.41. The molecule has 1 atom stereocenters. The first-order valence-corrected chi connectivity index (χ1v) is 5.05. The molecule has 1 aliphatic heterocycles.